The molecule has 1 aliphatic heterocycles. The second-order valence-corrected chi connectivity index (χ2v) is 7.93. The molecular formula is C23H39N5O. The molecule has 1 aromatic rings. The van der Waals surface area contributed by atoms with Crippen molar-refractivity contribution >= 4 is 5.96 Å². The minimum atomic E-state index is 0.496. The third-order valence-electron chi connectivity index (χ3n) is 5.34. The van der Waals surface area contributed by atoms with E-state index in [1.165, 1.54) is 0 Å². The zero-order chi connectivity index (χ0) is 21.1. The van der Waals surface area contributed by atoms with Gasteiger partial charge in [0.1, 0.15) is 12.4 Å². The molecule has 1 aromatic carbocycles. The summed E-state index contributed by atoms with van der Waals surface area (Å²) in [5.41, 5.74) is 1.08. The molecule has 2 N–H and O–H groups in total. The number of piperazine rings is 1. The monoisotopic (exact) mass is 401 g/mol. The van der Waals surface area contributed by atoms with E-state index in [1.54, 1.807) is 6.08 Å². The van der Waals surface area contributed by atoms with Gasteiger partial charge < -0.3 is 20.3 Å². The van der Waals surface area contributed by atoms with Gasteiger partial charge in [-0.3, -0.25) is 4.90 Å². The van der Waals surface area contributed by atoms with Crippen LogP contribution in [-0.2, 0) is 6.54 Å². The van der Waals surface area contributed by atoms with Crippen LogP contribution in [0.3, 0.4) is 0 Å². The molecule has 6 heteroatoms. The maximum absolute atomic E-state index is 5.76. The SMILES string of the molecule is C=CCOc1ccccc1CN=C(NCC)NCC(C(C)C)N1CCN(C)CC1. The Labute approximate surface area is 177 Å². The Kier molecular flexibility index (Phi) is 10.0. The van der Waals surface area contributed by atoms with Crippen LogP contribution in [0.1, 0.15) is 26.3 Å². The molecule has 0 aromatic heterocycles. The first kappa shape index (κ1) is 23.2. The summed E-state index contributed by atoms with van der Waals surface area (Å²) >= 11 is 0. The summed E-state index contributed by atoms with van der Waals surface area (Å²) < 4.78 is 5.76. The normalized spacial score (nSPS) is 17.2. The molecule has 162 valence electrons. The van der Waals surface area contributed by atoms with Gasteiger partial charge >= 0.3 is 0 Å². The van der Waals surface area contributed by atoms with Crippen molar-refractivity contribution in [2.24, 2.45) is 10.9 Å². The number of hydrogen-bond acceptors (Lipinski definition) is 4. The van der Waals surface area contributed by atoms with Gasteiger partial charge in [-0.1, -0.05) is 44.7 Å². The van der Waals surface area contributed by atoms with E-state index >= 15 is 0 Å². The predicted molar refractivity (Wildman–Crippen MR) is 123 cm³/mol. The summed E-state index contributed by atoms with van der Waals surface area (Å²) in [5.74, 6) is 2.30. The minimum Gasteiger partial charge on any atom is -0.489 e. The molecule has 1 aliphatic rings. The van der Waals surface area contributed by atoms with Gasteiger partial charge in [-0.05, 0) is 26.0 Å². The van der Waals surface area contributed by atoms with Gasteiger partial charge in [0.25, 0.3) is 0 Å². The number of guanidine groups is 1. The van der Waals surface area contributed by atoms with Crippen LogP contribution < -0.4 is 15.4 Å². The van der Waals surface area contributed by atoms with Crippen molar-refractivity contribution in [2.75, 3.05) is 52.9 Å². The maximum atomic E-state index is 5.76. The van der Waals surface area contributed by atoms with Crippen LogP contribution >= 0.6 is 0 Å². The summed E-state index contributed by atoms with van der Waals surface area (Å²) in [7, 11) is 2.20. The number of benzene rings is 1. The molecule has 0 saturated carbocycles. The van der Waals surface area contributed by atoms with Crippen LogP contribution in [0.4, 0.5) is 0 Å². The van der Waals surface area contributed by atoms with Crippen LogP contribution in [0, 0.1) is 5.92 Å². The van der Waals surface area contributed by atoms with E-state index < -0.39 is 0 Å². The first-order valence-electron chi connectivity index (χ1n) is 10.8. The second kappa shape index (κ2) is 12.5. The molecule has 0 amide bonds. The highest BCUT2D eigenvalue weighted by Gasteiger charge is 2.25. The van der Waals surface area contributed by atoms with E-state index in [0.29, 0.717) is 25.1 Å². The molecular weight excluding hydrogens is 362 g/mol. The fourth-order valence-electron chi connectivity index (χ4n) is 3.57. The van der Waals surface area contributed by atoms with E-state index in [4.69, 9.17) is 9.73 Å². The maximum Gasteiger partial charge on any atom is 0.191 e. The number of nitrogens with zero attached hydrogens (tertiary/aromatic N) is 3. The third-order valence-corrected chi connectivity index (χ3v) is 5.34. The standard InChI is InChI=1S/C23H39N5O/c1-6-16-29-22-11-9-8-10-20(22)17-25-23(24-7-2)26-18-21(19(3)4)28-14-12-27(5)13-15-28/h6,8-11,19,21H,1,7,12-18H2,2-5H3,(H2,24,25,26). The number of para-hydroxylation sites is 1. The van der Waals surface area contributed by atoms with Crippen molar-refractivity contribution in [1.82, 2.24) is 20.4 Å². The van der Waals surface area contributed by atoms with Gasteiger partial charge in [-0.2, -0.15) is 0 Å². The number of hydrogen-bond donors (Lipinski definition) is 2. The van der Waals surface area contributed by atoms with Crippen molar-refractivity contribution in [2.45, 2.75) is 33.4 Å². The van der Waals surface area contributed by atoms with Crippen LogP contribution in [0.15, 0.2) is 41.9 Å². The molecule has 1 unspecified atom stereocenters. The van der Waals surface area contributed by atoms with Crippen LogP contribution in [-0.4, -0.2) is 74.7 Å². The summed E-state index contributed by atoms with van der Waals surface area (Å²) in [5, 5.41) is 6.95. The summed E-state index contributed by atoms with van der Waals surface area (Å²) in [4.78, 5) is 9.82. The van der Waals surface area contributed by atoms with Gasteiger partial charge in [0.2, 0.25) is 0 Å². The summed E-state index contributed by atoms with van der Waals surface area (Å²) in [6.45, 7) is 17.8. The Morgan fingerprint density at radius 2 is 1.93 bits per heavy atom. The Hall–Kier alpha value is -2.05. The second-order valence-electron chi connectivity index (χ2n) is 7.93. The van der Waals surface area contributed by atoms with Crippen molar-refractivity contribution in [3.05, 3.63) is 42.5 Å². The molecule has 1 heterocycles. The van der Waals surface area contributed by atoms with E-state index in [2.05, 4.69) is 60.9 Å². The quantitative estimate of drug-likeness (QED) is 0.359. The van der Waals surface area contributed by atoms with Crippen LogP contribution in [0.25, 0.3) is 0 Å². The van der Waals surface area contributed by atoms with Gasteiger partial charge in [0, 0.05) is 50.9 Å². The fraction of sp³-hybridized carbons (Fsp3) is 0.609. The first-order valence-corrected chi connectivity index (χ1v) is 10.8. The first-order chi connectivity index (χ1) is 14.0. The summed E-state index contributed by atoms with van der Waals surface area (Å²) in [6, 6.07) is 8.55. The molecule has 0 spiro atoms. The number of rotatable bonds is 10. The molecule has 29 heavy (non-hydrogen) atoms. The zero-order valence-corrected chi connectivity index (χ0v) is 18.7. The smallest absolute Gasteiger partial charge is 0.191 e. The number of ether oxygens (including phenoxy) is 1. The molecule has 1 fully saturated rings. The predicted octanol–water partition coefficient (Wildman–Crippen LogP) is 2.58. The average molecular weight is 402 g/mol. The van der Waals surface area contributed by atoms with Gasteiger partial charge in [-0.15, -0.1) is 0 Å². The number of aliphatic imine (C=N–C) groups is 1. The van der Waals surface area contributed by atoms with E-state index in [0.717, 1.165) is 56.5 Å². The molecule has 0 radical (unpaired) electrons. The van der Waals surface area contributed by atoms with Gasteiger partial charge in [-0.25, -0.2) is 4.99 Å². The number of nitrogens with one attached hydrogen (secondary N) is 2. The molecule has 6 nitrogen and oxygen atoms in total. The highest BCUT2D eigenvalue weighted by atomic mass is 16.5. The molecule has 0 bridgehead atoms. The Balaban J connectivity index is 2.00. The van der Waals surface area contributed by atoms with Crippen LogP contribution in [0.2, 0.25) is 0 Å². The van der Waals surface area contributed by atoms with Crippen molar-refractivity contribution in [1.29, 1.82) is 0 Å². The zero-order valence-electron chi connectivity index (χ0n) is 18.7. The third kappa shape index (κ3) is 7.71. The fourth-order valence-corrected chi connectivity index (χ4v) is 3.57. The molecule has 0 aliphatic carbocycles. The molecule has 2 rings (SSSR count). The Morgan fingerprint density at radius 3 is 2.59 bits per heavy atom. The lowest BCUT2D eigenvalue weighted by atomic mass is 10.0. The lowest BCUT2D eigenvalue weighted by Gasteiger charge is -2.40. The van der Waals surface area contributed by atoms with E-state index in [9.17, 15) is 0 Å². The molecule has 1 saturated heterocycles. The largest absolute Gasteiger partial charge is 0.489 e. The Bertz CT molecular complexity index is 638. The highest BCUT2D eigenvalue weighted by molar-refractivity contribution is 5.79. The Morgan fingerprint density at radius 1 is 1.21 bits per heavy atom. The van der Waals surface area contributed by atoms with Crippen molar-refractivity contribution in [3.63, 3.8) is 0 Å². The van der Waals surface area contributed by atoms with E-state index in [-0.39, 0.29) is 0 Å². The lowest BCUT2D eigenvalue weighted by molar-refractivity contribution is 0.0900. The average Bonchev–Trinajstić information content (AvgIpc) is 2.72. The minimum absolute atomic E-state index is 0.496. The topological polar surface area (TPSA) is 52.1 Å². The van der Waals surface area contributed by atoms with E-state index in [1.807, 2.05) is 18.2 Å². The summed E-state index contributed by atoms with van der Waals surface area (Å²) in [6.07, 6.45) is 1.76. The van der Waals surface area contributed by atoms with Crippen molar-refractivity contribution in [3.8, 4) is 5.75 Å². The van der Waals surface area contributed by atoms with Gasteiger partial charge in [0.05, 0.1) is 6.54 Å². The van der Waals surface area contributed by atoms with Crippen LogP contribution in [0.5, 0.6) is 5.75 Å². The van der Waals surface area contributed by atoms with Crippen molar-refractivity contribution < 1.29 is 4.74 Å². The number of likely N-dealkylation sites (N-methyl/N-ethyl adjacent to an activating group) is 1. The highest BCUT2D eigenvalue weighted by Crippen LogP contribution is 2.19. The van der Waals surface area contributed by atoms with Gasteiger partial charge in [0.15, 0.2) is 5.96 Å². The molecule has 1 atom stereocenters. The lowest BCUT2D eigenvalue weighted by Crippen LogP contribution is -2.55.